The van der Waals surface area contributed by atoms with Crippen molar-refractivity contribution in [1.82, 2.24) is 5.43 Å². The smallest absolute Gasteiger partial charge is 0.240 e. The maximum atomic E-state index is 12.4. The van der Waals surface area contributed by atoms with Crippen LogP contribution in [0.25, 0.3) is 10.1 Å². The number of methoxy groups -OCH3 is 2. The molecule has 0 aliphatic carbocycles. The molecule has 0 saturated heterocycles. The number of fused-ring (bicyclic) bond motifs is 1. The fraction of sp³-hybridized carbons (Fsp3) is 0.227. The molecule has 3 aromatic rings. The van der Waals surface area contributed by atoms with Crippen molar-refractivity contribution in [3.8, 4) is 11.5 Å². The van der Waals surface area contributed by atoms with Gasteiger partial charge in [-0.15, -0.1) is 11.3 Å². The summed E-state index contributed by atoms with van der Waals surface area (Å²) in [5.41, 5.74) is 4.66. The predicted octanol–water partition coefficient (Wildman–Crippen LogP) is 5.18. The molecular weight excluding hydrogens is 468 g/mol. The molecule has 6 nitrogen and oxygen atoms in total. The molecule has 3 rings (SSSR count). The molecule has 0 bridgehead atoms. The third kappa shape index (κ3) is 4.88. The van der Waals surface area contributed by atoms with E-state index in [0.29, 0.717) is 22.8 Å². The lowest BCUT2D eigenvalue weighted by molar-refractivity contribution is -0.121. The van der Waals surface area contributed by atoms with Crippen LogP contribution in [0.2, 0.25) is 0 Å². The second kappa shape index (κ2) is 9.86. The number of amides is 1. The van der Waals surface area contributed by atoms with Gasteiger partial charge in [-0.2, -0.15) is 5.10 Å². The van der Waals surface area contributed by atoms with Gasteiger partial charge in [0.25, 0.3) is 0 Å². The van der Waals surface area contributed by atoms with Crippen molar-refractivity contribution in [3.63, 3.8) is 0 Å². The van der Waals surface area contributed by atoms with Gasteiger partial charge in [0.1, 0.15) is 0 Å². The molecule has 1 N–H and O–H groups in total. The van der Waals surface area contributed by atoms with E-state index in [9.17, 15) is 9.59 Å². The van der Waals surface area contributed by atoms with Gasteiger partial charge in [-0.3, -0.25) is 9.59 Å². The first kappa shape index (κ1) is 22.0. The predicted molar refractivity (Wildman–Crippen MR) is 123 cm³/mol. The van der Waals surface area contributed by atoms with E-state index in [1.165, 1.54) is 14.2 Å². The van der Waals surface area contributed by atoms with Gasteiger partial charge >= 0.3 is 0 Å². The Morgan fingerprint density at radius 2 is 1.80 bits per heavy atom. The first-order valence-corrected chi connectivity index (χ1v) is 10.8. The van der Waals surface area contributed by atoms with Crippen LogP contribution in [0.5, 0.6) is 11.5 Å². The number of ketones is 1. The Hall–Kier alpha value is -2.71. The zero-order valence-electron chi connectivity index (χ0n) is 16.8. The highest BCUT2D eigenvalue weighted by atomic mass is 79.9. The normalized spacial score (nSPS) is 11.4. The molecule has 0 aliphatic rings. The number of Topliss-reactive ketones (excluding diaryl/α,β-unsaturated/α-hetero) is 1. The standard InChI is InChI=1S/C22H21BrN2O4S/c1-13(21-15-6-4-5-7-19(15)30-22(21)23)24-25-20(27)11-9-16(26)14-8-10-17(28-2)18(12-14)29-3/h4-8,10,12H,9,11H2,1-3H3,(H,25,27)/b24-13+. The number of hydrogen-bond acceptors (Lipinski definition) is 6. The third-order valence-corrected chi connectivity index (χ3v) is 6.39. The zero-order valence-corrected chi connectivity index (χ0v) is 19.2. The minimum Gasteiger partial charge on any atom is -0.493 e. The quantitative estimate of drug-likeness (QED) is 0.269. The average molecular weight is 489 g/mol. The van der Waals surface area contributed by atoms with Gasteiger partial charge in [-0.1, -0.05) is 18.2 Å². The van der Waals surface area contributed by atoms with E-state index in [0.717, 1.165) is 19.4 Å². The van der Waals surface area contributed by atoms with Crippen molar-refractivity contribution in [2.45, 2.75) is 19.8 Å². The largest absolute Gasteiger partial charge is 0.493 e. The minimum atomic E-state index is -0.321. The minimum absolute atomic E-state index is 0.0372. The van der Waals surface area contributed by atoms with Crippen molar-refractivity contribution >= 4 is 54.8 Å². The van der Waals surface area contributed by atoms with Crippen molar-refractivity contribution in [1.29, 1.82) is 0 Å². The molecule has 30 heavy (non-hydrogen) atoms. The molecule has 0 fully saturated rings. The third-order valence-electron chi connectivity index (χ3n) is 4.55. The summed E-state index contributed by atoms with van der Waals surface area (Å²) in [5.74, 6) is 0.544. The summed E-state index contributed by atoms with van der Waals surface area (Å²) in [6.07, 6.45) is 0.108. The molecule has 0 radical (unpaired) electrons. The summed E-state index contributed by atoms with van der Waals surface area (Å²) in [4.78, 5) is 24.6. The number of halogens is 1. The highest BCUT2D eigenvalue weighted by Crippen LogP contribution is 2.35. The summed E-state index contributed by atoms with van der Waals surface area (Å²) in [6, 6.07) is 13.0. The number of hydrogen-bond donors (Lipinski definition) is 1. The Labute approximate surface area is 187 Å². The van der Waals surface area contributed by atoms with E-state index in [-0.39, 0.29) is 24.5 Å². The van der Waals surface area contributed by atoms with E-state index < -0.39 is 0 Å². The molecule has 1 aromatic heterocycles. The number of nitrogens with one attached hydrogen (secondary N) is 1. The van der Waals surface area contributed by atoms with Gasteiger partial charge in [0.2, 0.25) is 5.91 Å². The fourth-order valence-corrected chi connectivity index (χ4v) is 4.99. The lowest BCUT2D eigenvalue weighted by atomic mass is 10.1. The number of benzene rings is 2. The SMILES string of the molecule is COc1ccc(C(=O)CCC(=O)N/N=C(\C)c2c(Br)sc3ccccc23)cc1OC. The van der Waals surface area contributed by atoms with E-state index in [2.05, 4.69) is 26.5 Å². The molecular formula is C22H21BrN2O4S. The van der Waals surface area contributed by atoms with Gasteiger partial charge in [-0.25, -0.2) is 5.43 Å². The van der Waals surface area contributed by atoms with Crippen LogP contribution in [0.4, 0.5) is 0 Å². The fourth-order valence-electron chi connectivity index (χ4n) is 2.99. The van der Waals surface area contributed by atoms with Crippen LogP contribution in [0.15, 0.2) is 51.4 Å². The highest BCUT2D eigenvalue weighted by molar-refractivity contribution is 9.11. The number of ether oxygens (including phenoxy) is 2. The van der Waals surface area contributed by atoms with Crippen molar-refractivity contribution in [2.75, 3.05) is 14.2 Å². The summed E-state index contributed by atoms with van der Waals surface area (Å²) < 4.78 is 12.5. The summed E-state index contributed by atoms with van der Waals surface area (Å²) in [6.45, 7) is 1.84. The summed E-state index contributed by atoms with van der Waals surface area (Å²) in [7, 11) is 3.04. The lowest BCUT2D eigenvalue weighted by Gasteiger charge is -2.09. The highest BCUT2D eigenvalue weighted by Gasteiger charge is 2.14. The Morgan fingerprint density at radius 3 is 2.53 bits per heavy atom. The molecule has 2 aromatic carbocycles. The van der Waals surface area contributed by atoms with Gasteiger partial charge in [0.05, 0.1) is 23.7 Å². The number of thiophene rings is 1. The number of nitrogens with zero attached hydrogens (tertiary/aromatic N) is 1. The average Bonchev–Trinajstić information content (AvgIpc) is 3.10. The molecule has 1 heterocycles. The van der Waals surface area contributed by atoms with Gasteiger partial charge in [-0.05, 0) is 47.1 Å². The topological polar surface area (TPSA) is 77.0 Å². The first-order valence-electron chi connectivity index (χ1n) is 9.20. The van der Waals surface area contributed by atoms with Crippen LogP contribution in [-0.2, 0) is 4.79 Å². The van der Waals surface area contributed by atoms with E-state index in [4.69, 9.17) is 9.47 Å². The molecule has 0 unspecified atom stereocenters. The lowest BCUT2D eigenvalue weighted by Crippen LogP contribution is -2.20. The van der Waals surface area contributed by atoms with Crippen molar-refractivity contribution < 1.29 is 19.1 Å². The zero-order chi connectivity index (χ0) is 21.7. The number of carbonyl (C=O) groups excluding carboxylic acids is 2. The molecule has 0 aliphatic heterocycles. The summed E-state index contributed by atoms with van der Waals surface area (Å²) >= 11 is 5.19. The Morgan fingerprint density at radius 1 is 1.07 bits per heavy atom. The molecule has 8 heteroatoms. The summed E-state index contributed by atoms with van der Waals surface area (Å²) in [5, 5.41) is 5.30. The maximum Gasteiger partial charge on any atom is 0.240 e. The molecule has 0 atom stereocenters. The Balaban J connectivity index is 1.62. The molecule has 0 spiro atoms. The van der Waals surface area contributed by atoms with Crippen LogP contribution in [-0.4, -0.2) is 31.6 Å². The Kier molecular flexibility index (Phi) is 7.23. The molecule has 0 saturated carbocycles. The van der Waals surface area contributed by atoms with Crippen LogP contribution in [0.3, 0.4) is 0 Å². The van der Waals surface area contributed by atoms with E-state index in [1.807, 2.05) is 31.2 Å². The van der Waals surface area contributed by atoms with Crippen LogP contribution < -0.4 is 14.9 Å². The van der Waals surface area contributed by atoms with Gasteiger partial charge in [0.15, 0.2) is 17.3 Å². The van der Waals surface area contributed by atoms with E-state index in [1.54, 1.807) is 29.5 Å². The number of rotatable bonds is 8. The maximum absolute atomic E-state index is 12.4. The molecule has 156 valence electrons. The van der Waals surface area contributed by atoms with Crippen molar-refractivity contribution in [3.05, 3.63) is 57.4 Å². The first-order chi connectivity index (χ1) is 14.4. The Bertz CT molecular complexity index is 1120. The van der Waals surface area contributed by atoms with E-state index >= 15 is 0 Å². The van der Waals surface area contributed by atoms with Crippen LogP contribution in [0, 0.1) is 0 Å². The van der Waals surface area contributed by atoms with Gasteiger partial charge in [0, 0.05) is 34.1 Å². The van der Waals surface area contributed by atoms with Crippen LogP contribution >= 0.6 is 27.3 Å². The number of hydrazone groups is 1. The monoisotopic (exact) mass is 488 g/mol. The van der Waals surface area contributed by atoms with Gasteiger partial charge < -0.3 is 9.47 Å². The second-order valence-electron chi connectivity index (χ2n) is 6.47. The van der Waals surface area contributed by atoms with Crippen molar-refractivity contribution in [2.24, 2.45) is 5.10 Å². The van der Waals surface area contributed by atoms with Crippen LogP contribution in [0.1, 0.15) is 35.7 Å². The second-order valence-corrected chi connectivity index (χ2v) is 8.84. The number of carbonyl (C=O) groups is 2. The molecule has 1 amide bonds.